The molecular weight excluding hydrogens is 356 g/mol. The van der Waals surface area contributed by atoms with Gasteiger partial charge < -0.3 is 16.0 Å². The quantitative estimate of drug-likeness (QED) is 0.479. The summed E-state index contributed by atoms with van der Waals surface area (Å²) in [6.07, 6.45) is 3.55. The standard InChI is InChI=1S/C19H18N8O/c20-16-6-17(26-9-18(28)23-10-21-11-26)25-19-14(8-24-27(16)19)13-5-12-3-1-2-4-15(12)22-7-13/h1-8,21H,9-11,20H2,(H,23,28). The van der Waals surface area contributed by atoms with Crippen LogP contribution in [0.2, 0.25) is 0 Å². The van der Waals surface area contributed by atoms with E-state index in [0.29, 0.717) is 30.6 Å². The van der Waals surface area contributed by atoms with E-state index in [9.17, 15) is 4.79 Å². The molecule has 1 aliphatic rings. The highest BCUT2D eigenvalue weighted by atomic mass is 16.2. The first-order valence-corrected chi connectivity index (χ1v) is 8.91. The van der Waals surface area contributed by atoms with Crippen molar-refractivity contribution in [2.45, 2.75) is 0 Å². The third-order valence-electron chi connectivity index (χ3n) is 4.76. The van der Waals surface area contributed by atoms with Crippen molar-refractivity contribution in [2.75, 3.05) is 30.5 Å². The van der Waals surface area contributed by atoms with Crippen molar-refractivity contribution in [3.63, 3.8) is 0 Å². The third kappa shape index (κ3) is 2.78. The number of carbonyl (C=O) groups excluding carboxylic acids is 1. The number of nitrogens with one attached hydrogen (secondary N) is 2. The Morgan fingerprint density at radius 1 is 1.14 bits per heavy atom. The molecule has 0 saturated carbocycles. The molecule has 0 aliphatic carbocycles. The first-order valence-electron chi connectivity index (χ1n) is 8.91. The van der Waals surface area contributed by atoms with Gasteiger partial charge >= 0.3 is 0 Å². The summed E-state index contributed by atoms with van der Waals surface area (Å²) in [4.78, 5) is 23.0. The Morgan fingerprint density at radius 3 is 2.96 bits per heavy atom. The Kier molecular flexibility index (Phi) is 3.80. The molecule has 9 nitrogen and oxygen atoms in total. The molecule has 28 heavy (non-hydrogen) atoms. The number of nitrogens with two attached hydrogens (primary N) is 1. The van der Waals surface area contributed by atoms with Crippen LogP contribution in [-0.2, 0) is 4.79 Å². The van der Waals surface area contributed by atoms with E-state index in [4.69, 9.17) is 10.7 Å². The Morgan fingerprint density at radius 2 is 2.04 bits per heavy atom. The maximum atomic E-state index is 11.9. The van der Waals surface area contributed by atoms with E-state index in [2.05, 4.69) is 26.8 Å². The molecule has 0 radical (unpaired) electrons. The zero-order chi connectivity index (χ0) is 19.1. The van der Waals surface area contributed by atoms with E-state index >= 15 is 0 Å². The number of nitrogens with zero attached hydrogens (tertiary/aromatic N) is 5. The molecule has 0 bridgehead atoms. The lowest BCUT2D eigenvalue weighted by atomic mass is 10.1. The molecule has 1 aromatic carbocycles. The second-order valence-electron chi connectivity index (χ2n) is 6.63. The number of aromatic nitrogens is 4. The first-order chi connectivity index (χ1) is 13.7. The van der Waals surface area contributed by atoms with E-state index in [1.807, 2.05) is 35.4 Å². The van der Waals surface area contributed by atoms with Crippen LogP contribution in [0.5, 0.6) is 0 Å². The zero-order valence-corrected chi connectivity index (χ0v) is 15.0. The molecule has 0 spiro atoms. The van der Waals surface area contributed by atoms with Crippen molar-refractivity contribution in [1.29, 1.82) is 0 Å². The lowest BCUT2D eigenvalue weighted by molar-refractivity contribution is -0.119. The lowest BCUT2D eigenvalue weighted by Crippen LogP contribution is -2.34. The molecule has 140 valence electrons. The van der Waals surface area contributed by atoms with Crippen molar-refractivity contribution < 1.29 is 4.79 Å². The number of fused-ring (bicyclic) bond motifs is 2. The van der Waals surface area contributed by atoms with Crippen LogP contribution in [0.4, 0.5) is 11.6 Å². The minimum Gasteiger partial charge on any atom is -0.383 e. The molecule has 4 heterocycles. The predicted octanol–water partition coefficient (Wildman–Crippen LogP) is 0.967. The van der Waals surface area contributed by atoms with Gasteiger partial charge in [-0.3, -0.25) is 15.1 Å². The molecule has 1 amide bonds. The van der Waals surface area contributed by atoms with Gasteiger partial charge in [-0.1, -0.05) is 18.2 Å². The van der Waals surface area contributed by atoms with Crippen LogP contribution in [0, 0.1) is 0 Å². The van der Waals surface area contributed by atoms with Crippen LogP contribution in [0.15, 0.2) is 48.8 Å². The van der Waals surface area contributed by atoms with Crippen molar-refractivity contribution in [2.24, 2.45) is 0 Å². The molecule has 0 atom stereocenters. The minimum absolute atomic E-state index is 0.0716. The first kappa shape index (κ1) is 16.5. The fourth-order valence-corrected chi connectivity index (χ4v) is 3.36. The highest BCUT2D eigenvalue weighted by Gasteiger charge is 2.19. The molecule has 5 rings (SSSR count). The summed E-state index contributed by atoms with van der Waals surface area (Å²) in [7, 11) is 0. The van der Waals surface area contributed by atoms with Crippen LogP contribution in [0.25, 0.3) is 27.7 Å². The number of hydrogen-bond acceptors (Lipinski definition) is 7. The van der Waals surface area contributed by atoms with Crippen molar-refractivity contribution in [3.8, 4) is 11.1 Å². The molecule has 4 aromatic rings. The number of para-hydroxylation sites is 1. The second kappa shape index (κ2) is 6.46. The monoisotopic (exact) mass is 374 g/mol. The summed E-state index contributed by atoms with van der Waals surface area (Å²) < 4.78 is 1.60. The Balaban J connectivity index is 1.63. The Bertz CT molecular complexity index is 1200. The lowest BCUT2D eigenvalue weighted by Gasteiger charge is -2.20. The number of pyridine rings is 1. The summed E-state index contributed by atoms with van der Waals surface area (Å²) in [6.45, 7) is 1.12. The van der Waals surface area contributed by atoms with E-state index < -0.39 is 0 Å². The van der Waals surface area contributed by atoms with Crippen LogP contribution < -0.4 is 21.3 Å². The van der Waals surface area contributed by atoms with E-state index in [1.165, 1.54) is 0 Å². The average molecular weight is 374 g/mol. The molecule has 1 fully saturated rings. The van der Waals surface area contributed by atoms with E-state index in [1.54, 1.807) is 16.8 Å². The molecule has 9 heteroatoms. The van der Waals surface area contributed by atoms with Gasteiger partial charge in [-0.2, -0.15) is 9.61 Å². The second-order valence-corrected chi connectivity index (χ2v) is 6.63. The minimum atomic E-state index is -0.0716. The normalized spacial score (nSPS) is 15.0. The molecule has 4 N–H and O–H groups in total. The number of anilines is 2. The third-order valence-corrected chi connectivity index (χ3v) is 4.76. The number of benzene rings is 1. The van der Waals surface area contributed by atoms with Gasteiger partial charge in [-0.15, -0.1) is 0 Å². The maximum Gasteiger partial charge on any atom is 0.240 e. The number of carbonyl (C=O) groups is 1. The molecule has 1 aliphatic heterocycles. The molecule has 0 unspecified atom stereocenters. The highest BCUT2D eigenvalue weighted by Crippen LogP contribution is 2.28. The number of hydrogen-bond donors (Lipinski definition) is 3. The summed E-state index contributed by atoms with van der Waals surface area (Å²) in [6, 6.07) is 11.7. The van der Waals surface area contributed by atoms with Gasteiger partial charge in [0.15, 0.2) is 5.65 Å². The summed E-state index contributed by atoms with van der Waals surface area (Å²) >= 11 is 0. The number of rotatable bonds is 2. The van der Waals surface area contributed by atoms with Crippen LogP contribution in [0.3, 0.4) is 0 Å². The summed E-state index contributed by atoms with van der Waals surface area (Å²) in [5.41, 5.74) is 9.51. The van der Waals surface area contributed by atoms with Gasteiger partial charge in [0.2, 0.25) is 5.91 Å². The summed E-state index contributed by atoms with van der Waals surface area (Å²) in [5.74, 6) is 0.993. The van der Waals surface area contributed by atoms with Crippen LogP contribution >= 0.6 is 0 Å². The largest absolute Gasteiger partial charge is 0.383 e. The van der Waals surface area contributed by atoms with Gasteiger partial charge in [-0.05, 0) is 12.1 Å². The molecular formula is C19H18N8O. The molecule has 3 aromatic heterocycles. The number of nitrogen functional groups attached to an aromatic ring is 1. The van der Waals surface area contributed by atoms with Gasteiger partial charge in [0.25, 0.3) is 0 Å². The highest BCUT2D eigenvalue weighted by molar-refractivity contribution is 5.87. The van der Waals surface area contributed by atoms with Crippen molar-refractivity contribution in [1.82, 2.24) is 30.2 Å². The predicted molar refractivity (Wildman–Crippen MR) is 106 cm³/mol. The van der Waals surface area contributed by atoms with Crippen molar-refractivity contribution >= 4 is 34.1 Å². The van der Waals surface area contributed by atoms with Gasteiger partial charge in [0.05, 0.1) is 31.6 Å². The maximum absolute atomic E-state index is 11.9. The van der Waals surface area contributed by atoms with Gasteiger partial charge in [-0.25, -0.2) is 4.98 Å². The smallest absolute Gasteiger partial charge is 0.240 e. The fraction of sp³-hybridized carbons (Fsp3) is 0.158. The summed E-state index contributed by atoms with van der Waals surface area (Å²) in [5, 5.41) is 11.3. The van der Waals surface area contributed by atoms with E-state index in [0.717, 1.165) is 22.0 Å². The Labute approximate surface area is 160 Å². The van der Waals surface area contributed by atoms with Crippen LogP contribution in [0.1, 0.15) is 0 Å². The van der Waals surface area contributed by atoms with E-state index in [-0.39, 0.29) is 12.5 Å². The van der Waals surface area contributed by atoms with Gasteiger partial charge in [0, 0.05) is 28.8 Å². The number of amides is 1. The fourth-order valence-electron chi connectivity index (χ4n) is 3.36. The Hall–Kier alpha value is -3.72. The zero-order valence-electron chi connectivity index (χ0n) is 15.0. The SMILES string of the molecule is Nc1cc(N2CNCNC(=O)C2)nc2c(-c3cnc4ccccc4c3)cnn12. The van der Waals surface area contributed by atoms with Crippen molar-refractivity contribution in [3.05, 3.63) is 48.8 Å². The molecule has 1 saturated heterocycles. The van der Waals surface area contributed by atoms with Gasteiger partial charge in [0.1, 0.15) is 11.6 Å². The topological polar surface area (TPSA) is 113 Å². The van der Waals surface area contributed by atoms with Crippen LogP contribution in [-0.4, -0.2) is 45.4 Å². The average Bonchev–Trinajstić information content (AvgIpc) is 3.02.